The second kappa shape index (κ2) is 10.4. The summed E-state index contributed by atoms with van der Waals surface area (Å²) in [6.07, 6.45) is -0.831. The van der Waals surface area contributed by atoms with Crippen molar-refractivity contribution in [3.05, 3.63) is 113 Å². The zero-order chi connectivity index (χ0) is 25.8. The molecule has 1 unspecified atom stereocenters. The van der Waals surface area contributed by atoms with Crippen molar-refractivity contribution in [2.24, 2.45) is 0 Å². The van der Waals surface area contributed by atoms with Crippen LogP contribution in [0.1, 0.15) is 40.1 Å². The quantitative estimate of drug-likeness (QED) is 0.258. The Kier molecular flexibility index (Phi) is 6.74. The first-order chi connectivity index (χ1) is 18.0. The van der Waals surface area contributed by atoms with Gasteiger partial charge in [0.05, 0.1) is 11.1 Å². The average Bonchev–Trinajstić information content (AvgIpc) is 3.47. The van der Waals surface area contributed by atoms with Gasteiger partial charge in [0.1, 0.15) is 24.2 Å². The maximum Gasteiger partial charge on any atom is 0.204 e. The SMILES string of the molecule is CC(=O)c1ccc(OCc2ccc(C(O)c3cccc(-c4nn[nH]n4)c3)cc2)c(-c2ccccc2)c1O. The Morgan fingerprint density at radius 3 is 2.38 bits per heavy atom. The van der Waals surface area contributed by atoms with Crippen molar-refractivity contribution in [2.45, 2.75) is 19.6 Å². The van der Waals surface area contributed by atoms with Gasteiger partial charge >= 0.3 is 0 Å². The van der Waals surface area contributed by atoms with Crippen molar-refractivity contribution in [3.63, 3.8) is 0 Å². The van der Waals surface area contributed by atoms with Crippen LogP contribution >= 0.6 is 0 Å². The van der Waals surface area contributed by atoms with E-state index in [0.717, 1.165) is 22.3 Å². The number of ketones is 1. The summed E-state index contributed by atoms with van der Waals surface area (Å²) >= 11 is 0. The van der Waals surface area contributed by atoms with Gasteiger partial charge in [-0.3, -0.25) is 4.79 Å². The number of rotatable bonds is 8. The second-order valence-electron chi connectivity index (χ2n) is 8.55. The lowest BCUT2D eigenvalue weighted by molar-refractivity contribution is 0.101. The highest BCUT2D eigenvalue weighted by Crippen LogP contribution is 2.40. The van der Waals surface area contributed by atoms with Gasteiger partial charge in [-0.05, 0) is 52.6 Å². The highest BCUT2D eigenvalue weighted by atomic mass is 16.5. The first-order valence-corrected chi connectivity index (χ1v) is 11.7. The first kappa shape index (κ1) is 23.9. The number of aliphatic hydroxyl groups is 1. The summed E-state index contributed by atoms with van der Waals surface area (Å²) in [6, 6.07) is 27.4. The zero-order valence-electron chi connectivity index (χ0n) is 20.0. The molecule has 8 nitrogen and oxygen atoms in total. The number of hydrogen-bond acceptors (Lipinski definition) is 7. The lowest BCUT2D eigenvalue weighted by Gasteiger charge is -2.16. The molecule has 0 saturated heterocycles. The van der Waals surface area contributed by atoms with Gasteiger partial charge < -0.3 is 14.9 Å². The standard InChI is InChI=1S/C29H24N4O4/c1-18(34)24-14-15-25(26(28(24)36)20-6-3-2-4-7-20)37-17-19-10-12-21(13-11-19)27(35)22-8-5-9-23(16-22)29-30-32-33-31-29/h2-16,27,35-36H,17H2,1H3,(H,30,31,32,33). The summed E-state index contributed by atoms with van der Waals surface area (Å²) in [5, 5.41) is 35.7. The van der Waals surface area contributed by atoms with E-state index in [2.05, 4.69) is 20.6 Å². The number of nitrogens with one attached hydrogen (secondary N) is 1. The second-order valence-corrected chi connectivity index (χ2v) is 8.55. The third-order valence-corrected chi connectivity index (χ3v) is 6.08. The predicted octanol–water partition coefficient (Wildman–Crippen LogP) is 5.10. The fourth-order valence-corrected chi connectivity index (χ4v) is 4.14. The fraction of sp³-hybridized carbons (Fsp3) is 0.103. The van der Waals surface area contributed by atoms with Gasteiger partial charge in [0.2, 0.25) is 5.82 Å². The third-order valence-electron chi connectivity index (χ3n) is 6.08. The molecule has 0 amide bonds. The van der Waals surface area contributed by atoms with Gasteiger partial charge in [0.25, 0.3) is 0 Å². The number of H-pyrrole nitrogens is 1. The van der Waals surface area contributed by atoms with E-state index >= 15 is 0 Å². The highest BCUT2D eigenvalue weighted by Gasteiger charge is 2.18. The van der Waals surface area contributed by atoms with E-state index in [1.54, 1.807) is 12.1 Å². The molecule has 0 bridgehead atoms. The topological polar surface area (TPSA) is 121 Å². The van der Waals surface area contributed by atoms with E-state index in [1.807, 2.05) is 78.9 Å². The predicted molar refractivity (Wildman–Crippen MR) is 138 cm³/mol. The molecule has 5 rings (SSSR count). The number of phenolic OH excluding ortho intramolecular Hbond substituents is 1. The van der Waals surface area contributed by atoms with Crippen molar-refractivity contribution in [1.82, 2.24) is 20.6 Å². The van der Waals surface area contributed by atoms with Crippen LogP contribution in [0, 0.1) is 0 Å². The molecule has 1 aromatic heterocycles. The van der Waals surface area contributed by atoms with Crippen molar-refractivity contribution in [3.8, 4) is 34.0 Å². The van der Waals surface area contributed by atoms with E-state index in [-0.39, 0.29) is 23.7 Å². The van der Waals surface area contributed by atoms with Gasteiger partial charge in [-0.25, -0.2) is 0 Å². The number of tetrazole rings is 1. The molecule has 0 fully saturated rings. The van der Waals surface area contributed by atoms with Crippen LogP contribution in [0.4, 0.5) is 0 Å². The Labute approximate surface area is 213 Å². The Bertz CT molecular complexity index is 1520. The van der Waals surface area contributed by atoms with Gasteiger partial charge in [-0.1, -0.05) is 72.8 Å². The molecule has 4 aromatic carbocycles. The number of carbonyl (C=O) groups excluding carboxylic acids is 1. The van der Waals surface area contributed by atoms with Crippen LogP contribution in [-0.4, -0.2) is 36.6 Å². The number of aliphatic hydroxyl groups excluding tert-OH is 1. The number of aromatic nitrogens is 4. The molecule has 0 spiro atoms. The monoisotopic (exact) mass is 492 g/mol. The molecule has 1 atom stereocenters. The highest BCUT2D eigenvalue weighted by molar-refractivity contribution is 6.00. The zero-order valence-corrected chi connectivity index (χ0v) is 20.0. The summed E-state index contributed by atoms with van der Waals surface area (Å²) in [6.45, 7) is 1.66. The number of carbonyl (C=O) groups is 1. The van der Waals surface area contributed by atoms with Crippen LogP contribution < -0.4 is 4.74 Å². The van der Waals surface area contributed by atoms with E-state index < -0.39 is 6.10 Å². The fourth-order valence-electron chi connectivity index (χ4n) is 4.14. The molecule has 5 aromatic rings. The Hall–Kier alpha value is -4.82. The van der Waals surface area contributed by atoms with Gasteiger partial charge in [0, 0.05) is 5.56 Å². The van der Waals surface area contributed by atoms with E-state index in [4.69, 9.17) is 4.74 Å². The molecule has 37 heavy (non-hydrogen) atoms. The summed E-state index contributed by atoms with van der Waals surface area (Å²) in [5.74, 6) is 0.603. The molecule has 0 radical (unpaired) electrons. The van der Waals surface area contributed by atoms with Crippen molar-refractivity contribution < 1.29 is 19.7 Å². The van der Waals surface area contributed by atoms with Crippen molar-refractivity contribution >= 4 is 5.78 Å². The number of ether oxygens (including phenoxy) is 1. The van der Waals surface area contributed by atoms with Crippen LogP contribution in [0.3, 0.4) is 0 Å². The number of hydrogen-bond donors (Lipinski definition) is 3. The van der Waals surface area contributed by atoms with Gasteiger partial charge in [-0.15, -0.1) is 10.2 Å². The lowest BCUT2D eigenvalue weighted by Crippen LogP contribution is -2.02. The maximum absolute atomic E-state index is 12.0. The lowest BCUT2D eigenvalue weighted by atomic mass is 9.98. The van der Waals surface area contributed by atoms with E-state index in [0.29, 0.717) is 22.7 Å². The van der Waals surface area contributed by atoms with Crippen molar-refractivity contribution in [2.75, 3.05) is 0 Å². The minimum absolute atomic E-state index is 0.0993. The normalized spacial score (nSPS) is 11.7. The van der Waals surface area contributed by atoms with Gasteiger partial charge in [-0.2, -0.15) is 5.21 Å². The number of Topliss-reactive ketones (excluding diaryl/α,β-unsaturated/α-hetero) is 1. The first-order valence-electron chi connectivity index (χ1n) is 11.7. The Balaban J connectivity index is 1.34. The molecule has 0 aliphatic heterocycles. The van der Waals surface area contributed by atoms with Crippen LogP contribution in [0.2, 0.25) is 0 Å². The molecular weight excluding hydrogens is 468 g/mol. The van der Waals surface area contributed by atoms with Crippen LogP contribution in [0.5, 0.6) is 11.5 Å². The van der Waals surface area contributed by atoms with Gasteiger partial charge in [0.15, 0.2) is 5.78 Å². The summed E-state index contributed by atoms with van der Waals surface area (Å²) in [4.78, 5) is 12.0. The van der Waals surface area contributed by atoms with E-state index in [1.165, 1.54) is 6.92 Å². The number of benzene rings is 4. The summed E-state index contributed by atoms with van der Waals surface area (Å²) in [7, 11) is 0. The number of aromatic amines is 1. The molecular formula is C29H24N4O4. The minimum atomic E-state index is -0.831. The maximum atomic E-state index is 12.0. The molecule has 0 saturated carbocycles. The molecule has 3 N–H and O–H groups in total. The molecule has 0 aliphatic rings. The smallest absolute Gasteiger partial charge is 0.204 e. The number of nitrogens with zero attached hydrogens (tertiary/aromatic N) is 3. The van der Waals surface area contributed by atoms with E-state index in [9.17, 15) is 15.0 Å². The molecule has 0 aliphatic carbocycles. The molecule has 8 heteroatoms. The molecule has 1 heterocycles. The average molecular weight is 493 g/mol. The van der Waals surface area contributed by atoms with Crippen LogP contribution in [-0.2, 0) is 6.61 Å². The van der Waals surface area contributed by atoms with Crippen molar-refractivity contribution in [1.29, 1.82) is 0 Å². The number of aromatic hydroxyl groups is 1. The summed E-state index contributed by atoms with van der Waals surface area (Å²) < 4.78 is 6.08. The van der Waals surface area contributed by atoms with Crippen LogP contribution in [0.25, 0.3) is 22.5 Å². The third kappa shape index (κ3) is 5.10. The minimum Gasteiger partial charge on any atom is -0.506 e. The Morgan fingerprint density at radius 1 is 0.919 bits per heavy atom. The van der Waals surface area contributed by atoms with Crippen LogP contribution in [0.15, 0.2) is 91.0 Å². The number of phenols is 1. The largest absolute Gasteiger partial charge is 0.506 e. The molecule has 184 valence electrons. The Morgan fingerprint density at radius 2 is 1.68 bits per heavy atom. The summed E-state index contributed by atoms with van der Waals surface area (Å²) in [5.41, 5.74) is 4.53.